The van der Waals surface area contributed by atoms with Gasteiger partial charge in [-0.25, -0.2) is 13.1 Å². The fourth-order valence-corrected chi connectivity index (χ4v) is 3.67. The Balaban J connectivity index is 2.86. The van der Waals surface area contributed by atoms with Crippen LogP contribution in [0.5, 0.6) is 0 Å². The monoisotopic (exact) mass is 366 g/mol. The van der Waals surface area contributed by atoms with Gasteiger partial charge in [-0.3, -0.25) is 0 Å². The molecule has 0 spiro atoms. The highest BCUT2D eigenvalue weighted by Crippen LogP contribution is 2.26. The van der Waals surface area contributed by atoms with Crippen molar-refractivity contribution in [3.8, 4) is 0 Å². The Labute approximate surface area is 127 Å². The molecule has 0 fully saturated rings. The van der Waals surface area contributed by atoms with Gasteiger partial charge in [-0.05, 0) is 53.2 Å². The molecule has 108 valence electrons. The van der Waals surface area contributed by atoms with Gasteiger partial charge < -0.3 is 5.73 Å². The van der Waals surface area contributed by atoms with Gasteiger partial charge in [0.1, 0.15) is 0 Å². The number of nitrogen functional groups attached to an aromatic ring is 1. The molecule has 1 aromatic rings. The molecular formula is C12H19BrN2O2S2. The first kappa shape index (κ1) is 16.8. The predicted octanol–water partition coefficient (Wildman–Crippen LogP) is 2.76. The molecule has 0 aromatic heterocycles. The summed E-state index contributed by atoms with van der Waals surface area (Å²) in [6.45, 7) is 4.25. The second-order valence-corrected chi connectivity index (χ2v) is 8.24. The molecule has 1 aromatic carbocycles. The molecule has 0 aliphatic carbocycles. The van der Waals surface area contributed by atoms with E-state index >= 15 is 0 Å². The van der Waals surface area contributed by atoms with Crippen molar-refractivity contribution in [1.82, 2.24) is 4.72 Å². The van der Waals surface area contributed by atoms with E-state index in [1.165, 1.54) is 6.07 Å². The third kappa shape index (κ3) is 4.66. The summed E-state index contributed by atoms with van der Waals surface area (Å²) in [6.07, 6.45) is 2.81. The lowest BCUT2D eigenvalue weighted by Crippen LogP contribution is -2.27. The van der Waals surface area contributed by atoms with Gasteiger partial charge in [0, 0.05) is 22.0 Å². The maximum atomic E-state index is 12.2. The molecule has 0 heterocycles. The van der Waals surface area contributed by atoms with Gasteiger partial charge in [0.2, 0.25) is 10.0 Å². The zero-order chi connectivity index (χ0) is 14.6. The van der Waals surface area contributed by atoms with E-state index in [2.05, 4.69) is 27.6 Å². The first-order valence-corrected chi connectivity index (χ1v) is 9.42. The average molecular weight is 367 g/mol. The van der Waals surface area contributed by atoms with Crippen LogP contribution < -0.4 is 10.5 Å². The lowest BCUT2D eigenvalue weighted by atomic mass is 10.2. The van der Waals surface area contributed by atoms with Crippen LogP contribution in [0.3, 0.4) is 0 Å². The van der Waals surface area contributed by atoms with Crippen molar-refractivity contribution in [2.45, 2.75) is 30.4 Å². The third-order valence-electron chi connectivity index (χ3n) is 2.83. The molecule has 0 aliphatic rings. The Morgan fingerprint density at radius 3 is 2.68 bits per heavy atom. The number of anilines is 1. The van der Waals surface area contributed by atoms with Crippen LogP contribution in [0, 0.1) is 6.92 Å². The van der Waals surface area contributed by atoms with Gasteiger partial charge in [0.05, 0.1) is 4.90 Å². The molecule has 0 saturated heterocycles. The predicted molar refractivity (Wildman–Crippen MR) is 86.1 cm³/mol. The molecule has 1 unspecified atom stereocenters. The van der Waals surface area contributed by atoms with Crippen LogP contribution in [-0.4, -0.2) is 26.5 Å². The molecule has 0 radical (unpaired) electrons. The van der Waals surface area contributed by atoms with Gasteiger partial charge in [-0.2, -0.15) is 11.8 Å². The Morgan fingerprint density at radius 1 is 1.47 bits per heavy atom. The summed E-state index contributed by atoms with van der Waals surface area (Å²) in [4.78, 5) is 0.241. The van der Waals surface area contributed by atoms with Crippen molar-refractivity contribution in [2.24, 2.45) is 0 Å². The lowest BCUT2D eigenvalue weighted by molar-refractivity contribution is 0.578. The van der Waals surface area contributed by atoms with Crippen LogP contribution in [-0.2, 0) is 10.0 Å². The Morgan fingerprint density at radius 2 is 2.11 bits per heavy atom. The summed E-state index contributed by atoms with van der Waals surface area (Å²) in [7, 11) is -3.49. The molecule has 3 N–H and O–H groups in total. The summed E-state index contributed by atoms with van der Waals surface area (Å²) in [5.74, 6) is 0. The number of hydrogen-bond donors (Lipinski definition) is 2. The van der Waals surface area contributed by atoms with Crippen LogP contribution in [0.4, 0.5) is 5.69 Å². The minimum absolute atomic E-state index is 0.241. The summed E-state index contributed by atoms with van der Waals surface area (Å²) in [5, 5.41) is 0.429. The minimum Gasteiger partial charge on any atom is -0.398 e. The number of benzene rings is 1. The number of hydrogen-bond acceptors (Lipinski definition) is 4. The molecule has 0 bridgehead atoms. The van der Waals surface area contributed by atoms with E-state index in [9.17, 15) is 8.42 Å². The van der Waals surface area contributed by atoms with Crippen molar-refractivity contribution < 1.29 is 8.42 Å². The van der Waals surface area contributed by atoms with Crippen molar-refractivity contribution >= 4 is 43.4 Å². The summed E-state index contributed by atoms with van der Waals surface area (Å²) in [5.41, 5.74) is 6.83. The Hall–Kier alpha value is -0.240. The van der Waals surface area contributed by atoms with Crippen molar-refractivity contribution in [3.05, 3.63) is 22.2 Å². The van der Waals surface area contributed by atoms with Crippen molar-refractivity contribution in [1.29, 1.82) is 0 Å². The Bertz CT molecular complexity index is 547. The summed E-state index contributed by atoms with van der Waals surface area (Å²) < 4.78 is 27.7. The third-order valence-corrected chi connectivity index (χ3v) is 6.16. The number of rotatable bonds is 6. The largest absolute Gasteiger partial charge is 0.398 e. The van der Waals surface area contributed by atoms with Crippen LogP contribution in [0.2, 0.25) is 0 Å². The molecular weight excluding hydrogens is 348 g/mol. The van der Waals surface area contributed by atoms with E-state index < -0.39 is 10.0 Å². The Kier molecular flexibility index (Phi) is 6.16. The minimum atomic E-state index is -3.49. The molecule has 7 heteroatoms. The lowest BCUT2D eigenvalue weighted by Gasteiger charge is -2.12. The van der Waals surface area contributed by atoms with E-state index in [0.717, 1.165) is 6.42 Å². The fraction of sp³-hybridized carbons (Fsp3) is 0.500. The van der Waals surface area contributed by atoms with Gasteiger partial charge in [0.15, 0.2) is 0 Å². The second-order valence-electron chi connectivity index (χ2n) is 4.37. The molecule has 1 rings (SSSR count). The number of nitrogens with two attached hydrogens (primary N) is 1. The standard InChI is InChI=1S/C12H19BrN2O2S2/c1-8-6-10(13)11(14)7-12(8)19(16,17)15-5-4-9(2)18-3/h6-7,9,15H,4-5,14H2,1-3H3. The molecule has 19 heavy (non-hydrogen) atoms. The zero-order valence-electron chi connectivity index (χ0n) is 11.2. The van der Waals surface area contributed by atoms with Crippen molar-refractivity contribution in [2.75, 3.05) is 18.5 Å². The van der Waals surface area contributed by atoms with Gasteiger partial charge in [-0.15, -0.1) is 0 Å². The molecule has 1 atom stereocenters. The van der Waals surface area contributed by atoms with Crippen LogP contribution in [0.25, 0.3) is 0 Å². The van der Waals surface area contributed by atoms with E-state index in [1.807, 2.05) is 6.26 Å². The van der Waals surface area contributed by atoms with E-state index in [4.69, 9.17) is 5.73 Å². The van der Waals surface area contributed by atoms with Crippen LogP contribution >= 0.6 is 27.7 Å². The van der Waals surface area contributed by atoms with Crippen LogP contribution in [0.15, 0.2) is 21.5 Å². The quantitative estimate of drug-likeness (QED) is 0.759. The highest BCUT2D eigenvalue weighted by Gasteiger charge is 2.18. The highest BCUT2D eigenvalue weighted by molar-refractivity contribution is 9.10. The van der Waals surface area contributed by atoms with E-state index in [-0.39, 0.29) is 4.90 Å². The van der Waals surface area contributed by atoms with E-state index in [0.29, 0.717) is 27.5 Å². The fourth-order valence-electron chi connectivity index (χ4n) is 1.55. The van der Waals surface area contributed by atoms with Gasteiger partial charge >= 0.3 is 0 Å². The first-order valence-electron chi connectivity index (χ1n) is 5.86. The van der Waals surface area contributed by atoms with Crippen LogP contribution in [0.1, 0.15) is 18.9 Å². The number of thioether (sulfide) groups is 1. The topological polar surface area (TPSA) is 72.2 Å². The second kappa shape index (κ2) is 6.97. The normalized spacial score (nSPS) is 13.5. The highest BCUT2D eigenvalue weighted by atomic mass is 79.9. The zero-order valence-corrected chi connectivity index (χ0v) is 14.5. The SMILES string of the molecule is CSC(C)CCNS(=O)(=O)c1cc(N)c(Br)cc1C. The smallest absolute Gasteiger partial charge is 0.240 e. The van der Waals surface area contributed by atoms with Gasteiger partial charge in [-0.1, -0.05) is 6.92 Å². The van der Waals surface area contributed by atoms with Crippen molar-refractivity contribution in [3.63, 3.8) is 0 Å². The maximum Gasteiger partial charge on any atom is 0.240 e. The number of aryl methyl sites for hydroxylation is 1. The molecule has 0 aliphatic heterocycles. The summed E-state index contributed by atoms with van der Waals surface area (Å²) >= 11 is 5.00. The molecule has 0 amide bonds. The summed E-state index contributed by atoms with van der Waals surface area (Å²) in [6, 6.07) is 3.20. The van der Waals surface area contributed by atoms with E-state index in [1.54, 1.807) is 24.8 Å². The van der Waals surface area contributed by atoms with Gasteiger partial charge in [0.25, 0.3) is 0 Å². The average Bonchev–Trinajstić information content (AvgIpc) is 2.33. The number of halogens is 1. The number of sulfonamides is 1. The number of nitrogens with one attached hydrogen (secondary N) is 1. The first-order chi connectivity index (χ1) is 8.77. The molecule has 0 saturated carbocycles. The molecule has 4 nitrogen and oxygen atoms in total. The maximum absolute atomic E-state index is 12.2.